The largest absolute Gasteiger partial charge is 0.374 e. The third kappa shape index (κ3) is 5.11. The Balaban J connectivity index is 1.99. The maximum atomic E-state index is 12.2. The fourth-order valence-corrected chi connectivity index (χ4v) is 2.31. The molecule has 7 nitrogen and oxygen atoms in total. The summed E-state index contributed by atoms with van der Waals surface area (Å²) in [5.74, 6) is -0.600. The van der Waals surface area contributed by atoms with E-state index >= 15 is 0 Å². The smallest absolute Gasteiger partial charge is 0.267 e. The summed E-state index contributed by atoms with van der Waals surface area (Å²) in [6.45, 7) is 4.82. The number of hydrogen-bond donors (Lipinski definition) is 2. The van der Waals surface area contributed by atoms with Crippen LogP contribution in [0, 0.1) is 11.3 Å². The van der Waals surface area contributed by atoms with Gasteiger partial charge >= 0.3 is 0 Å². The molecule has 0 aromatic heterocycles. The Labute approximate surface area is 141 Å². The Morgan fingerprint density at radius 2 is 1.62 bits per heavy atom. The number of hydrogen-bond acceptors (Lipinski definition) is 5. The monoisotopic (exact) mass is 327 g/mol. The van der Waals surface area contributed by atoms with E-state index in [-0.39, 0.29) is 11.5 Å². The molecule has 1 fully saturated rings. The first kappa shape index (κ1) is 17.5. The number of rotatable bonds is 4. The second-order valence-corrected chi connectivity index (χ2v) is 5.71. The Hall–Kier alpha value is -2.85. The number of likely N-dealkylation sites (N-methyl/N-ethyl adjacent to an activating group) is 1. The van der Waals surface area contributed by atoms with Gasteiger partial charge in [-0.25, -0.2) is 0 Å². The summed E-state index contributed by atoms with van der Waals surface area (Å²) < 4.78 is 0. The number of nitriles is 1. The number of anilines is 2. The quantitative estimate of drug-likeness (QED) is 0.641. The SMILES string of the molecule is CC(=O)Nc1ccc(NC(=O)/C(C#N)=C\N2CCN(C)CC2)cc1. The molecular formula is C17H21N5O2. The van der Waals surface area contributed by atoms with Crippen molar-refractivity contribution in [2.24, 2.45) is 0 Å². The summed E-state index contributed by atoms with van der Waals surface area (Å²) in [6.07, 6.45) is 1.62. The molecule has 2 N–H and O–H groups in total. The highest BCUT2D eigenvalue weighted by molar-refractivity contribution is 6.06. The van der Waals surface area contributed by atoms with Crippen LogP contribution in [0.25, 0.3) is 0 Å². The van der Waals surface area contributed by atoms with E-state index in [9.17, 15) is 14.9 Å². The van der Waals surface area contributed by atoms with Crippen LogP contribution in [0.3, 0.4) is 0 Å². The minimum atomic E-state index is -0.441. The molecule has 2 rings (SSSR count). The molecule has 1 aliphatic heterocycles. The Kier molecular flexibility index (Phi) is 5.93. The van der Waals surface area contributed by atoms with Crippen LogP contribution in [0.15, 0.2) is 36.0 Å². The fraction of sp³-hybridized carbons (Fsp3) is 0.353. The number of piperazine rings is 1. The first-order valence-electron chi connectivity index (χ1n) is 7.71. The summed E-state index contributed by atoms with van der Waals surface area (Å²) >= 11 is 0. The maximum absolute atomic E-state index is 12.2. The van der Waals surface area contributed by atoms with Crippen molar-refractivity contribution in [2.75, 3.05) is 43.9 Å². The number of amides is 2. The van der Waals surface area contributed by atoms with Gasteiger partial charge in [-0.1, -0.05) is 0 Å². The van der Waals surface area contributed by atoms with Crippen molar-refractivity contribution in [3.8, 4) is 6.07 Å². The predicted molar refractivity (Wildman–Crippen MR) is 92.1 cm³/mol. The average molecular weight is 327 g/mol. The summed E-state index contributed by atoms with van der Waals surface area (Å²) in [5, 5.41) is 14.6. The molecule has 1 aromatic carbocycles. The van der Waals surface area contributed by atoms with Crippen molar-refractivity contribution in [1.29, 1.82) is 5.26 Å². The van der Waals surface area contributed by atoms with E-state index in [1.165, 1.54) is 6.92 Å². The number of nitrogens with one attached hydrogen (secondary N) is 2. The van der Waals surface area contributed by atoms with Crippen LogP contribution in [0.4, 0.5) is 11.4 Å². The van der Waals surface area contributed by atoms with Crippen LogP contribution < -0.4 is 10.6 Å². The lowest BCUT2D eigenvalue weighted by Crippen LogP contribution is -2.42. The van der Waals surface area contributed by atoms with Gasteiger partial charge in [0.05, 0.1) is 0 Å². The van der Waals surface area contributed by atoms with Gasteiger partial charge in [-0.15, -0.1) is 0 Å². The molecule has 0 unspecified atom stereocenters. The zero-order chi connectivity index (χ0) is 17.5. The molecule has 2 amide bonds. The van der Waals surface area contributed by atoms with Crippen molar-refractivity contribution in [1.82, 2.24) is 9.80 Å². The van der Waals surface area contributed by atoms with Gasteiger partial charge in [-0.3, -0.25) is 9.59 Å². The number of benzene rings is 1. The topological polar surface area (TPSA) is 88.5 Å². The lowest BCUT2D eigenvalue weighted by molar-refractivity contribution is -0.114. The molecular weight excluding hydrogens is 306 g/mol. The Morgan fingerprint density at radius 1 is 1.08 bits per heavy atom. The third-order valence-electron chi connectivity index (χ3n) is 3.68. The first-order valence-corrected chi connectivity index (χ1v) is 7.71. The summed E-state index contributed by atoms with van der Waals surface area (Å²) in [7, 11) is 2.05. The summed E-state index contributed by atoms with van der Waals surface area (Å²) in [4.78, 5) is 27.4. The van der Waals surface area contributed by atoms with Gasteiger partial charge in [0, 0.05) is 50.7 Å². The van der Waals surface area contributed by atoms with E-state index < -0.39 is 5.91 Å². The first-order chi connectivity index (χ1) is 11.5. The predicted octanol–water partition coefficient (Wildman–Crippen LogP) is 1.24. The van der Waals surface area contributed by atoms with Crippen LogP contribution in [0.1, 0.15) is 6.92 Å². The molecule has 7 heteroatoms. The van der Waals surface area contributed by atoms with Crippen LogP contribution in [-0.2, 0) is 9.59 Å². The highest BCUT2D eigenvalue weighted by atomic mass is 16.2. The minimum absolute atomic E-state index is 0.0745. The Morgan fingerprint density at radius 3 is 2.12 bits per heavy atom. The van der Waals surface area contributed by atoms with Crippen molar-refractivity contribution in [3.05, 3.63) is 36.0 Å². The zero-order valence-electron chi connectivity index (χ0n) is 13.9. The van der Waals surface area contributed by atoms with Gasteiger partial charge in [0.25, 0.3) is 5.91 Å². The van der Waals surface area contributed by atoms with E-state index in [0.29, 0.717) is 11.4 Å². The zero-order valence-corrected chi connectivity index (χ0v) is 13.9. The number of carbonyl (C=O) groups is 2. The van der Waals surface area contributed by atoms with Crippen molar-refractivity contribution in [3.63, 3.8) is 0 Å². The van der Waals surface area contributed by atoms with Gasteiger partial charge in [-0.05, 0) is 31.3 Å². The molecule has 24 heavy (non-hydrogen) atoms. The second kappa shape index (κ2) is 8.13. The van der Waals surface area contributed by atoms with E-state index in [0.717, 1.165) is 26.2 Å². The summed E-state index contributed by atoms with van der Waals surface area (Å²) in [5.41, 5.74) is 1.29. The Bertz CT molecular complexity index is 667. The molecule has 0 aliphatic carbocycles. The van der Waals surface area contributed by atoms with Crippen LogP contribution in [0.5, 0.6) is 0 Å². The van der Waals surface area contributed by atoms with Crippen molar-refractivity contribution < 1.29 is 9.59 Å². The highest BCUT2D eigenvalue weighted by Gasteiger charge is 2.15. The maximum Gasteiger partial charge on any atom is 0.267 e. The fourth-order valence-electron chi connectivity index (χ4n) is 2.31. The molecule has 0 saturated carbocycles. The second-order valence-electron chi connectivity index (χ2n) is 5.71. The molecule has 0 radical (unpaired) electrons. The van der Waals surface area contributed by atoms with Gasteiger partial charge < -0.3 is 20.4 Å². The molecule has 0 bridgehead atoms. The molecule has 1 heterocycles. The highest BCUT2D eigenvalue weighted by Crippen LogP contribution is 2.14. The van der Waals surface area contributed by atoms with E-state index in [1.54, 1.807) is 30.5 Å². The van der Waals surface area contributed by atoms with Crippen molar-refractivity contribution >= 4 is 23.2 Å². The van der Waals surface area contributed by atoms with E-state index in [2.05, 4.69) is 15.5 Å². The average Bonchev–Trinajstić information content (AvgIpc) is 2.55. The van der Waals surface area contributed by atoms with Gasteiger partial charge in [-0.2, -0.15) is 5.26 Å². The number of carbonyl (C=O) groups excluding carboxylic acids is 2. The molecule has 1 saturated heterocycles. The van der Waals surface area contributed by atoms with Crippen molar-refractivity contribution in [2.45, 2.75) is 6.92 Å². The normalized spacial score (nSPS) is 15.5. The molecule has 0 spiro atoms. The lowest BCUT2D eigenvalue weighted by Gasteiger charge is -2.31. The van der Waals surface area contributed by atoms with Gasteiger partial charge in [0.1, 0.15) is 11.6 Å². The third-order valence-corrected chi connectivity index (χ3v) is 3.68. The molecule has 1 aliphatic rings. The number of nitrogens with zero attached hydrogens (tertiary/aromatic N) is 3. The van der Waals surface area contributed by atoms with E-state index in [4.69, 9.17) is 0 Å². The standard InChI is InChI=1S/C17H21N5O2/c1-13(23)19-15-3-5-16(6-4-15)20-17(24)14(11-18)12-22-9-7-21(2)8-10-22/h3-6,12H,7-10H2,1-2H3,(H,19,23)(H,20,24)/b14-12-. The molecule has 1 aromatic rings. The van der Waals surface area contributed by atoms with Crippen LogP contribution in [0.2, 0.25) is 0 Å². The van der Waals surface area contributed by atoms with Gasteiger partial charge in [0.15, 0.2) is 0 Å². The van der Waals surface area contributed by atoms with Crippen LogP contribution >= 0.6 is 0 Å². The minimum Gasteiger partial charge on any atom is -0.374 e. The van der Waals surface area contributed by atoms with Gasteiger partial charge in [0.2, 0.25) is 5.91 Å². The molecule has 126 valence electrons. The summed E-state index contributed by atoms with van der Waals surface area (Å²) in [6, 6.07) is 8.68. The molecule has 0 atom stereocenters. The van der Waals surface area contributed by atoms with E-state index in [1.807, 2.05) is 18.0 Å². The lowest BCUT2D eigenvalue weighted by atomic mass is 10.2. The van der Waals surface area contributed by atoms with Crippen LogP contribution in [-0.4, -0.2) is 54.8 Å².